The maximum Gasteiger partial charge on any atom is 0.141 e. The van der Waals surface area contributed by atoms with Crippen molar-refractivity contribution in [3.05, 3.63) is 103 Å². The lowest BCUT2D eigenvalue weighted by Gasteiger charge is -2.10. The van der Waals surface area contributed by atoms with Gasteiger partial charge in [0.15, 0.2) is 0 Å². The van der Waals surface area contributed by atoms with Crippen LogP contribution in [0.15, 0.2) is 96.0 Å². The molecule has 0 unspecified atom stereocenters. The fraction of sp³-hybridized carbons (Fsp3) is 0.0385. The Morgan fingerprint density at radius 3 is 2.79 bits per heavy atom. The monoisotopic (exact) mass is 435 g/mol. The van der Waals surface area contributed by atoms with Gasteiger partial charge in [0.2, 0.25) is 0 Å². The van der Waals surface area contributed by atoms with Crippen molar-refractivity contribution in [2.24, 2.45) is 0 Å². The van der Waals surface area contributed by atoms with Gasteiger partial charge < -0.3 is 9.73 Å². The molecule has 0 aliphatic rings. The first-order chi connectivity index (χ1) is 16.2. The summed E-state index contributed by atoms with van der Waals surface area (Å²) >= 11 is 0. The molecule has 0 amide bonds. The third kappa shape index (κ3) is 3.70. The standard InChI is InChI=1S/C26H18FN5O/c27-20-4-1-3-17(11-20)15-32-24-9-7-21(12-19(24)14-30-32)31-26-22-13-18(25-5-2-10-33-25)6-8-23(22)28-16-29-26/h1-14,16H,15H2,(H,28,29,31). The van der Waals surface area contributed by atoms with Gasteiger partial charge in [-0.15, -0.1) is 0 Å². The van der Waals surface area contributed by atoms with Crippen LogP contribution in [0.3, 0.4) is 0 Å². The van der Waals surface area contributed by atoms with E-state index in [0.29, 0.717) is 12.4 Å². The van der Waals surface area contributed by atoms with Crippen molar-refractivity contribution >= 4 is 33.3 Å². The molecule has 7 heteroatoms. The predicted molar refractivity (Wildman–Crippen MR) is 126 cm³/mol. The van der Waals surface area contributed by atoms with E-state index in [9.17, 15) is 4.39 Å². The quantitative estimate of drug-likeness (QED) is 0.351. The maximum absolute atomic E-state index is 13.5. The van der Waals surface area contributed by atoms with Crippen LogP contribution in [-0.4, -0.2) is 19.7 Å². The summed E-state index contributed by atoms with van der Waals surface area (Å²) in [5, 5.41) is 9.77. The highest BCUT2D eigenvalue weighted by molar-refractivity contribution is 5.94. The molecule has 1 N–H and O–H groups in total. The summed E-state index contributed by atoms with van der Waals surface area (Å²) in [5.74, 6) is 1.25. The number of furan rings is 1. The van der Waals surface area contributed by atoms with E-state index in [4.69, 9.17) is 4.42 Å². The van der Waals surface area contributed by atoms with Gasteiger partial charge in [0.05, 0.1) is 30.0 Å². The highest BCUT2D eigenvalue weighted by Crippen LogP contribution is 2.29. The lowest BCUT2D eigenvalue weighted by Crippen LogP contribution is -2.01. The van der Waals surface area contributed by atoms with E-state index in [1.54, 1.807) is 18.7 Å². The molecule has 33 heavy (non-hydrogen) atoms. The van der Waals surface area contributed by atoms with Crippen molar-refractivity contribution in [3.63, 3.8) is 0 Å². The molecule has 3 aromatic carbocycles. The highest BCUT2D eigenvalue weighted by Gasteiger charge is 2.10. The molecule has 3 heterocycles. The molecule has 0 radical (unpaired) electrons. The van der Waals surface area contributed by atoms with E-state index in [1.165, 1.54) is 12.1 Å². The highest BCUT2D eigenvalue weighted by atomic mass is 19.1. The second-order valence-electron chi connectivity index (χ2n) is 7.76. The fourth-order valence-electron chi connectivity index (χ4n) is 3.99. The number of hydrogen-bond acceptors (Lipinski definition) is 5. The largest absolute Gasteiger partial charge is 0.464 e. The van der Waals surface area contributed by atoms with Gasteiger partial charge in [0.1, 0.15) is 23.7 Å². The first-order valence-electron chi connectivity index (χ1n) is 10.5. The normalized spacial score (nSPS) is 11.3. The Labute approximate surface area is 188 Å². The van der Waals surface area contributed by atoms with Crippen LogP contribution in [0.4, 0.5) is 15.9 Å². The van der Waals surface area contributed by atoms with Crippen LogP contribution in [0.1, 0.15) is 5.56 Å². The van der Waals surface area contributed by atoms with E-state index in [1.807, 2.05) is 65.5 Å². The Hall–Kier alpha value is -4.52. The number of nitrogens with one attached hydrogen (secondary N) is 1. The zero-order chi connectivity index (χ0) is 22.2. The van der Waals surface area contributed by atoms with E-state index in [0.717, 1.165) is 44.4 Å². The van der Waals surface area contributed by atoms with Crippen LogP contribution in [0, 0.1) is 5.82 Å². The van der Waals surface area contributed by atoms with Crippen LogP contribution in [-0.2, 0) is 6.54 Å². The topological polar surface area (TPSA) is 68.8 Å². The molecule has 0 fully saturated rings. The van der Waals surface area contributed by atoms with E-state index in [-0.39, 0.29) is 5.82 Å². The Morgan fingerprint density at radius 1 is 0.939 bits per heavy atom. The van der Waals surface area contributed by atoms with Gasteiger partial charge in [0.25, 0.3) is 0 Å². The van der Waals surface area contributed by atoms with Crippen molar-refractivity contribution in [1.82, 2.24) is 19.7 Å². The molecule has 6 rings (SSSR count). The summed E-state index contributed by atoms with van der Waals surface area (Å²) in [6, 6.07) is 22.3. The van der Waals surface area contributed by atoms with Crippen LogP contribution < -0.4 is 5.32 Å². The minimum absolute atomic E-state index is 0.247. The van der Waals surface area contributed by atoms with Crippen molar-refractivity contribution in [2.45, 2.75) is 6.54 Å². The summed E-state index contributed by atoms with van der Waals surface area (Å²) in [6.45, 7) is 0.500. The molecule has 6 nitrogen and oxygen atoms in total. The second-order valence-corrected chi connectivity index (χ2v) is 7.76. The first-order valence-corrected chi connectivity index (χ1v) is 10.5. The molecule has 0 spiro atoms. The molecule has 0 aliphatic heterocycles. The van der Waals surface area contributed by atoms with E-state index < -0.39 is 0 Å². The first kappa shape index (κ1) is 19.2. The number of hydrogen-bond donors (Lipinski definition) is 1. The maximum atomic E-state index is 13.5. The van der Waals surface area contributed by atoms with Gasteiger partial charge in [0, 0.05) is 22.0 Å². The number of halogens is 1. The summed E-state index contributed by atoms with van der Waals surface area (Å²) in [4.78, 5) is 8.85. The summed E-state index contributed by atoms with van der Waals surface area (Å²) in [5.41, 5.74) is 4.52. The second kappa shape index (κ2) is 7.87. The van der Waals surface area contributed by atoms with Gasteiger partial charge in [-0.1, -0.05) is 12.1 Å². The average Bonchev–Trinajstić information content (AvgIpc) is 3.50. The van der Waals surface area contributed by atoms with E-state index in [2.05, 4.69) is 20.4 Å². The molecule has 0 atom stereocenters. The molecule has 0 saturated heterocycles. The van der Waals surface area contributed by atoms with Crippen LogP contribution in [0.2, 0.25) is 0 Å². The van der Waals surface area contributed by atoms with Crippen LogP contribution in [0.5, 0.6) is 0 Å². The van der Waals surface area contributed by atoms with Gasteiger partial charge in [-0.25, -0.2) is 14.4 Å². The van der Waals surface area contributed by atoms with Gasteiger partial charge >= 0.3 is 0 Å². The SMILES string of the molecule is Fc1cccc(Cn2ncc3cc(Nc4ncnc5ccc(-c6ccco6)cc45)ccc32)c1. The summed E-state index contributed by atoms with van der Waals surface area (Å²) < 4.78 is 20.9. The molecule has 3 aromatic heterocycles. The van der Waals surface area contributed by atoms with Crippen molar-refractivity contribution < 1.29 is 8.81 Å². The molecule has 160 valence electrons. The summed E-state index contributed by atoms with van der Waals surface area (Å²) in [6.07, 6.45) is 5.02. The third-order valence-electron chi connectivity index (χ3n) is 5.57. The number of benzene rings is 3. The Balaban J connectivity index is 1.32. The summed E-state index contributed by atoms with van der Waals surface area (Å²) in [7, 11) is 0. The lowest BCUT2D eigenvalue weighted by molar-refractivity contribution is 0.582. The minimum atomic E-state index is -0.247. The fourth-order valence-corrected chi connectivity index (χ4v) is 3.99. The zero-order valence-corrected chi connectivity index (χ0v) is 17.4. The Morgan fingerprint density at radius 2 is 1.91 bits per heavy atom. The van der Waals surface area contributed by atoms with E-state index >= 15 is 0 Å². The number of anilines is 2. The Kier molecular flexibility index (Phi) is 4.58. The third-order valence-corrected chi connectivity index (χ3v) is 5.57. The van der Waals surface area contributed by atoms with Crippen molar-refractivity contribution in [2.75, 3.05) is 5.32 Å². The zero-order valence-electron chi connectivity index (χ0n) is 17.4. The molecule has 0 saturated carbocycles. The molecular formula is C26H18FN5O. The molecule has 0 bridgehead atoms. The molecular weight excluding hydrogens is 417 g/mol. The van der Waals surface area contributed by atoms with Gasteiger partial charge in [-0.2, -0.15) is 5.10 Å². The van der Waals surface area contributed by atoms with Gasteiger partial charge in [-0.3, -0.25) is 4.68 Å². The van der Waals surface area contributed by atoms with Crippen molar-refractivity contribution in [1.29, 1.82) is 0 Å². The number of rotatable bonds is 5. The smallest absolute Gasteiger partial charge is 0.141 e. The van der Waals surface area contributed by atoms with Crippen molar-refractivity contribution in [3.8, 4) is 11.3 Å². The number of nitrogens with zero attached hydrogens (tertiary/aromatic N) is 4. The molecule has 6 aromatic rings. The number of aromatic nitrogens is 4. The Bertz CT molecular complexity index is 1590. The van der Waals surface area contributed by atoms with Crippen LogP contribution >= 0.6 is 0 Å². The minimum Gasteiger partial charge on any atom is -0.464 e. The van der Waals surface area contributed by atoms with Crippen LogP contribution in [0.25, 0.3) is 33.1 Å². The predicted octanol–water partition coefficient (Wildman–Crippen LogP) is 6.17. The van der Waals surface area contributed by atoms with Gasteiger partial charge in [-0.05, 0) is 66.2 Å². The average molecular weight is 435 g/mol. The lowest BCUT2D eigenvalue weighted by atomic mass is 10.1. The number of fused-ring (bicyclic) bond motifs is 2. The molecule has 0 aliphatic carbocycles.